The van der Waals surface area contributed by atoms with E-state index in [-0.39, 0.29) is 5.91 Å². The zero-order chi connectivity index (χ0) is 19.8. The number of likely N-dealkylation sites (tertiary alicyclic amines) is 1. The SMILES string of the molecule is O=C(c1cnn(Cc2ccccc2Cl)c1)N1CCC(c2nc(C3CC3)n[nH]2)CC1. The molecule has 1 N–H and O–H groups in total. The fourth-order valence-electron chi connectivity index (χ4n) is 3.89. The summed E-state index contributed by atoms with van der Waals surface area (Å²) in [6.07, 6.45) is 7.65. The van der Waals surface area contributed by atoms with Crippen LogP contribution >= 0.6 is 11.6 Å². The number of H-pyrrole nitrogens is 1. The molecule has 1 aliphatic heterocycles. The lowest BCUT2D eigenvalue weighted by Gasteiger charge is -2.30. The molecule has 2 aromatic heterocycles. The Morgan fingerprint density at radius 2 is 1.93 bits per heavy atom. The Morgan fingerprint density at radius 3 is 2.69 bits per heavy atom. The van der Waals surface area contributed by atoms with E-state index in [2.05, 4.69) is 20.3 Å². The van der Waals surface area contributed by atoms with Gasteiger partial charge >= 0.3 is 0 Å². The Labute approximate surface area is 174 Å². The summed E-state index contributed by atoms with van der Waals surface area (Å²) < 4.78 is 1.76. The molecule has 5 rings (SSSR count). The molecular weight excluding hydrogens is 388 g/mol. The number of nitrogens with zero attached hydrogens (tertiary/aromatic N) is 5. The van der Waals surface area contributed by atoms with Crippen molar-refractivity contribution >= 4 is 17.5 Å². The highest BCUT2D eigenvalue weighted by Gasteiger charge is 2.31. The first-order valence-corrected chi connectivity index (χ1v) is 10.5. The van der Waals surface area contributed by atoms with E-state index in [0.717, 1.165) is 43.1 Å². The summed E-state index contributed by atoms with van der Waals surface area (Å²) >= 11 is 6.22. The van der Waals surface area contributed by atoms with Gasteiger partial charge in [0.1, 0.15) is 5.82 Å². The number of nitrogens with one attached hydrogen (secondary N) is 1. The van der Waals surface area contributed by atoms with E-state index in [1.165, 1.54) is 12.8 Å². The maximum Gasteiger partial charge on any atom is 0.257 e. The third-order valence-corrected chi connectivity index (χ3v) is 6.17. The number of hydrogen-bond acceptors (Lipinski definition) is 4. The van der Waals surface area contributed by atoms with Crippen molar-refractivity contribution in [3.63, 3.8) is 0 Å². The summed E-state index contributed by atoms with van der Waals surface area (Å²) in [6, 6.07) is 7.68. The van der Waals surface area contributed by atoms with E-state index < -0.39 is 0 Å². The van der Waals surface area contributed by atoms with Crippen LogP contribution in [-0.4, -0.2) is 48.9 Å². The lowest BCUT2D eigenvalue weighted by molar-refractivity contribution is 0.0711. The van der Waals surface area contributed by atoms with E-state index in [9.17, 15) is 4.79 Å². The molecule has 1 saturated heterocycles. The molecule has 0 unspecified atom stereocenters. The number of aromatic amines is 1. The quantitative estimate of drug-likeness (QED) is 0.696. The molecule has 3 heterocycles. The number of halogens is 1. The molecule has 2 aliphatic rings. The van der Waals surface area contributed by atoms with Crippen molar-refractivity contribution in [1.82, 2.24) is 29.9 Å². The monoisotopic (exact) mass is 410 g/mol. The first-order valence-electron chi connectivity index (χ1n) is 10.1. The average Bonchev–Trinajstić information content (AvgIpc) is 3.29. The van der Waals surface area contributed by atoms with Crippen LogP contribution in [0.4, 0.5) is 0 Å². The highest BCUT2D eigenvalue weighted by molar-refractivity contribution is 6.31. The molecule has 8 heteroatoms. The number of rotatable bonds is 5. The van der Waals surface area contributed by atoms with Crippen LogP contribution in [0.3, 0.4) is 0 Å². The van der Waals surface area contributed by atoms with Crippen LogP contribution < -0.4 is 0 Å². The van der Waals surface area contributed by atoms with Crippen LogP contribution in [-0.2, 0) is 6.54 Å². The Bertz CT molecular complexity index is 1020. The summed E-state index contributed by atoms with van der Waals surface area (Å²) in [5.74, 6) is 2.88. The van der Waals surface area contributed by atoms with Crippen molar-refractivity contribution in [2.24, 2.45) is 0 Å². The van der Waals surface area contributed by atoms with E-state index in [0.29, 0.717) is 29.0 Å². The number of carbonyl (C=O) groups excluding carboxylic acids is 1. The van der Waals surface area contributed by atoms with Crippen LogP contribution in [0.25, 0.3) is 0 Å². The molecule has 29 heavy (non-hydrogen) atoms. The van der Waals surface area contributed by atoms with Gasteiger partial charge in [0, 0.05) is 36.1 Å². The number of piperidine rings is 1. The van der Waals surface area contributed by atoms with Crippen molar-refractivity contribution in [2.45, 2.75) is 44.1 Å². The number of aromatic nitrogens is 5. The minimum Gasteiger partial charge on any atom is -0.339 e. The predicted octanol–water partition coefficient (Wildman–Crippen LogP) is 3.60. The lowest BCUT2D eigenvalue weighted by Crippen LogP contribution is -2.38. The van der Waals surface area contributed by atoms with Gasteiger partial charge in [-0.3, -0.25) is 14.6 Å². The Kier molecular flexibility index (Phi) is 4.83. The summed E-state index contributed by atoms with van der Waals surface area (Å²) in [7, 11) is 0. The number of benzene rings is 1. The smallest absolute Gasteiger partial charge is 0.257 e. The molecule has 3 aromatic rings. The first kappa shape index (κ1) is 18.4. The van der Waals surface area contributed by atoms with Crippen LogP contribution in [0.1, 0.15) is 65.1 Å². The Morgan fingerprint density at radius 1 is 1.14 bits per heavy atom. The van der Waals surface area contributed by atoms with Crippen LogP contribution in [0.5, 0.6) is 0 Å². The average molecular weight is 411 g/mol. The van der Waals surface area contributed by atoms with Gasteiger partial charge in [0.2, 0.25) is 0 Å². The van der Waals surface area contributed by atoms with Gasteiger partial charge in [0.05, 0.1) is 18.3 Å². The molecule has 2 fully saturated rings. The van der Waals surface area contributed by atoms with Crippen LogP contribution in [0.2, 0.25) is 5.02 Å². The molecule has 0 atom stereocenters. The Hall–Kier alpha value is -2.67. The van der Waals surface area contributed by atoms with Crippen molar-refractivity contribution < 1.29 is 4.79 Å². The minimum atomic E-state index is 0.0325. The van der Waals surface area contributed by atoms with E-state index in [4.69, 9.17) is 11.6 Å². The second-order valence-electron chi connectivity index (χ2n) is 7.94. The van der Waals surface area contributed by atoms with Crippen molar-refractivity contribution in [3.8, 4) is 0 Å². The summed E-state index contributed by atoms with van der Waals surface area (Å²) in [6.45, 7) is 1.99. The van der Waals surface area contributed by atoms with Crippen molar-refractivity contribution in [1.29, 1.82) is 0 Å². The number of hydrogen-bond donors (Lipinski definition) is 1. The molecule has 0 spiro atoms. The van der Waals surface area contributed by atoms with Gasteiger partial charge in [0.25, 0.3) is 5.91 Å². The van der Waals surface area contributed by atoms with Gasteiger partial charge in [-0.15, -0.1) is 0 Å². The van der Waals surface area contributed by atoms with Gasteiger partial charge in [0.15, 0.2) is 5.82 Å². The van der Waals surface area contributed by atoms with Crippen LogP contribution in [0, 0.1) is 0 Å². The minimum absolute atomic E-state index is 0.0325. The normalized spacial score (nSPS) is 17.6. The fourth-order valence-corrected chi connectivity index (χ4v) is 4.09. The zero-order valence-electron chi connectivity index (χ0n) is 16.1. The molecule has 1 aliphatic carbocycles. The standard InChI is InChI=1S/C21H23ClN6O/c22-18-4-2-1-3-16(18)12-28-13-17(11-23-28)21(29)27-9-7-15(8-10-27)20-24-19(25-26-20)14-5-6-14/h1-4,11,13-15H,5-10,12H2,(H,24,25,26). The number of amides is 1. The second-order valence-corrected chi connectivity index (χ2v) is 8.34. The lowest BCUT2D eigenvalue weighted by atomic mass is 9.96. The third-order valence-electron chi connectivity index (χ3n) is 5.80. The predicted molar refractivity (Wildman–Crippen MR) is 109 cm³/mol. The molecule has 0 radical (unpaired) electrons. The van der Waals surface area contributed by atoms with Crippen molar-refractivity contribution in [3.05, 3.63) is 64.5 Å². The fraction of sp³-hybridized carbons (Fsp3) is 0.429. The Balaban J connectivity index is 1.19. The van der Waals surface area contributed by atoms with E-state index >= 15 is 0 Å². The molecule has 1 amide bonds. The zero-order valence-corrected chi connectivity index (χ0v) is 16.8. The summed E-state index contributed by atoms with van der Waals surface area (Å²) in [5, 5.41) is 12.5. The maximum absolute atomic E-state index is 12.9. The highest BCUT2D eigenvalue weighted by atomic mass is 35.5. The third kappa shape index (κ3) is 3.92. The second kappa shape index (κ2) is 7.63. The van der Waals surface area contributed by atoms with Gasteiger partial charge in [-0.1, -0.05) is 29.8 Å². The van der Waals surface area contributed by atoms with Gasteiger partial charge in [-0.05, 0) is 37.3 Å². The molecule has 150 valence electrons. The molecule has 7 nitrogen and oxygen atoms in total. The molecule has 0 bridgehead atoms. The topological polar surface area (TPSA) is 79.7 Å². The van der Waals surface area contributed by atoms with Crippen molar-refractivity contribution in [2.75, 3.05) is 13.1 Å². The highest BCUT2D eigenvalue weighted by Crippen LogP contribution is 2.38. The molecule has 1 aromatic carbocycles. The largest absolute Gasteiger partial charge is 0.339 e. The van der Waals surface area contributed by atoms with E-state index in [1.54, 1.807) is 17.1 Å². The summed E-state index contributed by atoms with van der Waals surface area (Å²) in [4.78, 5) is 19.5. The summed E-state index contributed by atoms with van der Waals surface area (Å²) in [5.41, 5.74) is 1.60. The van der Waals surface area contributed by atoms with E-state index in [1.807, 2.05) is 29.2 Å². The maximum atomic E-state index is 12.9. The van der Waals surface area contributed by atoms with Crippen LogP contribution in [0.15, 0.2) is 36.7 Å². The van der Waals surface area contributed by atoms with Gasteiger partial charge in [-0.2, -0.15) is 10.2 Å². The van der Waals surface area contributed by atoms with Gasteiger partial charge < -0.3 is 4.90 Å². The van der Waals surface area contributed by atoms with Gasteiger partial charge in [-0.25, -0.2) is 4.98 Å². The number of carbonyl (C=O) groups is 1. The molecule has 1 saturated carbocycles. The molecular formula is C21H23ClN6O. The first-order chi connectivity index (χ1) is 14.2.